The highest BCUT2D eigenvalue weighted by atomic mass is 16.2. The summed E-state index contributed by atoms with van der Waals surface area (Å²) >= 11 is 0. The number of nitrogens with one attached hydrogen (secondary N) is 3. The summed E-state index contributed by atoms with van der Waals surface area (Å²) in [5.41, 5.74) is 3.75. The van der Waals surface area contributed by atoms with Gasteiger partial charge in [0, 0.05) is 37.3 Å². The van der Waals surface area contributed by atoms with E-state index in [1.807, 2.05) is 0 Å². The molecule has 0 saturated carbocycles. The number of likely N-dealkylation sites (tertiary alicyclic amines) is 1. The molecular weight excluding hydrogens is 310 g/mol. The summed E-state index contributed by atoms with van der Waals surface area (Å²) in [6.07, 6.45) is 1.51. The summed E-state index contributed by atoms with van der Waals surface area (Å²) in [5.74, 6) is 10.9. The van der Waals surface area contributed by atoms with Crippen LogP contribution in [-0.4, -0.2) is 41.8 Å². The number of hydrogen-bond donors (Lipinski definition) is 5. The Morgan fingerprint density at radius 3 is 2.33 bits per heavy atom. The van der Waals surface area contributed by atoms with Crippen LogP contribution in [0.3, 0.4) is 0 Å². The summed E-state index contributed by atoms with van der Waals surface area (Å²) < 4.78 is 0. The van der Waals surface area contributed by atoms with E-state index < -0.39 is 0 Å². The number of amides is 3. The van der Waals surface area contributed by atoms with Gasteiger partial charge < -0.3 is 26.8 Å². The van der Waals surface area contributed by atoms with Crippen LogP contribution in [0.25, 0.3) is 0 Å². The summed E-state index contributed by atoms with van der Waals surface area (Å²) in [4.78, 5) is 25.1. The number of hydrazone groups is 1. The van der Waals surface area contributed by atoms with Crippen LogP contribution >= 0.6 is 0 Å². The number of nitrogens with zero attached hydrogens (tertiary/aromatic N) is 2. The maximum absolute atomic E-state index is 12.0. The van der Waals surface area contributed by atoms with Crippen LogP contribution in [0.15, 0.2) is 29.4 Å². The molecule has 9 heteroatoms. The first-order valence-electron chi connectivity index (χ1n) is 7.71. The van der Waals surface area contributed by atoms with Crippen LogP contribution in [-0.2, 0) is 4.79 Å². The van der Waals surface area contributed by atoms with Crippen molar-refractivity contribution >= 4 is 23.5 Å². The standard InChI is InChI=1S/C15H23N7O2/c1-10(23)22-8-6-13(7-9-22)19-15(24)18-12-4-2-11(3-5-12)14(20-16)21-17/h2-5,13H,6-9,16-17H2,1H3,(H,20,21)(H2,18,19,24). The van der Waals surface area contributed by atoms with Gasteiger partial charge in [0.05, 0.1) is 0 Å². The van der Waals surface area contributed by atoms with Gasteiger partial charge in [-0.1, -0.05) is 0 Å². The lowest BCUT2D eigenvalue weighted by Crippen LogP contribution is -2.47. The van der Waals surface area contributed by atoms with Crippen molar-refractivity contribution in [1.29, 1.82) is 0 Å². The molecule has 1 saturated heterocycles. The number of hydrogen-bond acceptors (Lipinski definition) is 5. The van der Waals surface area contributed by atoms with Gasteiger partial charge in [0.15, 0.2) is 5.84 Å². The number of urea groups is 1. The Kier molecular flexibility index (Phi) is 5.96. The van der Waals surface area contributed by atoms with Gasteiger partial charge in [0.25, 0.3) is 0 Å². The number of rotatable bonds is 3. The predicted molar refractivity (Wildman–Crippen MR) is 91.9 cm³/mol. The molecule has 0 spiro atoms. The molecule has 0 bridgehead atoms. The fourth-order valence-electron chi connectivity index (χ4n) is 2.60. The van der Waals surface area contributed by atoms with Crippen molar-refractivity contribution in [2.75, 3.05) is 18.4 Å². The summed E-state index contributed by atoms with van der Waals surface area (Å²) in [5, 5.41) is 9.21. The van der Waals surface area contributed by atoms with Crippen molar-refractivity contribution in [3.63, 3.8) is 0 Å². The summed E-state index contributed by atoms with van der Waals surface area (Å²) in [7, 11) is 0. The molecule has 1 heterocycles. The Bertz CT molecular complexity index is 607. The highest BCUT2D eigenvalue weighted by Crippen LogP contribution is 2.12. The van der Waals surface area contributed by atoms with E-state index in [0.29, 0.717) is 30.2 Å². The molecule has 1 aliphatic heterocycles. The molecule has 9 nitrogen and oxygen atoms in total. The third-order valence-electron chi connectivity index (χ3n) is 3.96. The lowest BCUT2D eigenvalue weighted by molar-refractivity contribution is -0.129. The molecule has 0 radical (unpaired) electrons. The van der Waals surface area contributed by atoms with E-state index in [4.69, 9.17) is 11.7 Å². The predicted octanol–water partition coefficient (Wildman–Crippen LogP) is -0.0974. The first-order valence-corrected chi connectivity index (χ1v) is 7.71. The molecule has 0 aromatic heterocycles. The van der Waals surface area contributed by atoms with E-state index in [2.05, 4.69) is 21.2 Å². The minimum atomic E-state index is -0.270. The van der Waals surface area contributed by atoms with Crippen molar-refractivity contribution in [1.82, 2.24) is 15.6 Å². The highest BCUT2D eigenvalue weighted by Gasteiger charge is 2.21. The molecule has 0 atom stereocenters. The van der Waals surface area contributed by atoms with Crippen molar-refractivity contribution in [3.05, 3.63) is 29.8 Å². The van der Waals surface area contributed by atoms with Gasteiger partial charge in [-0.3, -0.25) is 4.79 Å². The van der Waals surface area contributed by atoms with Crippen molar-refractivity contribution in [2.24, 2.45) is 16.8 Å². The van der Waals surface area contributed by atoms with Crippen LogP contribution in [0.4, 0.5) is 10.5 Å². The van der Waals surface area contributed by atoms with Crippen molar-refractivity contribution in [3.8, 4) is 0 Å². The minimum absolute atomic E-state index is 0.0669. The molecule has 1 aromatic rings. The molecule has 0 unspecified atom stereocenters. The van der Waals surface area contributed by atoms with E-state index in [9.17, 15) is 9.59 Å². The van der Waals surface area contributed by atoms with E-state index in [1.165, 1.54) is 0 Å². The number of carbonyl (C=O) groups excluding carboxylic acids is 2. The number of amidine groups is 1. The van der Waals surface area contributed by atoms with Crippen LogP contribution in [0.2, 0.25) is 0 Å². The topological polar surface area (TPSA) is 138 Å². The summed E-state index contributed by atoms with van der Waals surface area (Å²) in [6.45, 7) is 2.90. The highest BCUT2D eigenvalue weighted by molar-refractivity contribution is 5.99. The number of carbonyl (C=O) groups is 2. The van der Waals surface area contributed by atoms with Gasteiger partial charge in [-0.15, -0.1) is 0 Å². The molecule has 130 valence electrons. The zero-order valence-electron chi connectivity index (χ0n) is 13.6. The fourth-order valence-corrected chi connectivity index (χ4v) is 2.60. The molecule has 1 fully saturated rings. The molecule has 7 N–H and O–H groups in total. The monoisotopic (exact) mass is 333 g/mol. The lowest BCUT2D eigenvalue weighted by Gasteiger charge is -2.31. The fraction of sp³-hybridized carbons (Fsp3) is 0.400. The minimum Gasteiger partial charge on any atom is -0.343 e. The van der Waals surface area contributed by atoms with E-state index in [0.717, 1.165) is 12.8 Å². The molecule has 2 rings (SSSR count). The lowest BCUT2D eigenvalue weighted by atomic mass is 10.1. The summed E-state index contributed by atoms with van der Waals surface area (Å²) in [6, 6.07) is 6.75. The first kappa shape index (κ1) is 17.5. The number of anilines is 1. The first-order chi connectivity index (χ1) is 11.5. The molecule has 3 amide bonds. The Morgan fingerprint density at radius 2 is 1.83 bits per heavy atom. The Labute approximate surface area is 140 Å². The van der Waals surface area contributed by atoms with Gasteiger partial charge in [-0.05, 0) is 37.1 Å². The van der Waals surface area contributed by atoms with Crippen LogP contribution in [0.1, 0.15) is 25.3 Å². The van der Waals surface area contributed by atoms with Crippen LogP contribution in [0.5, 0.6) is 0 Å². The number of nitrogens with two attached hydrogens (primary N) is 2. The van der Waals surface area contributed by atoms with Gasteiger partial charge in [0.1, 0.15) is 0 Å². The normalized spacial score (nSPS) is 15.8. The van der Waals surface area contributed by atoms with Gasteiger partial charge in [-0.2, -0.15) is 5.10 Å². The third-order valence-corrected chi connectivity index (χ3v) is 3.96. The SMILES string of the molecule is CC(=O)N1CCC(NC(=O)Nc2ccc(/C(=N/N)NN)cc2)CC1. The molecular formula is C15H23N7O2. The van der Waals surface area contributed by atoms with Gasteiger partial charge in [0.2, 0.25) is 5.91 Å². The number of piperidine rings is 1. The van der Waals surface area contributed by atoms with E-state index >= 15 is 0 Å². The van der Waals surface area contributed by atoms with E-state index in [1.54, 1.807) is 36.1 Å². The quantitative estimate of drug-likeness (QED) is 0.228. The molecule has 0 aliphatic carbocycles. The second-order valence-corrected chi connectivity index (χ2v) is 5.58. The number of benzene rings is 1. The van der Waals surface area contributed by atoms with Gasteiger partial charge >= 0.3 is 6.03 Å². The second kappa shape index (κ2) is 8.16. The Hall–Kier alpha value is -2.81. The zero-order chi connectivity index (χ0) is 17.5. The molecule has 24 heavy (non-hydrogen) atoms. The van der Waals surface area contributed by atoms with E-state index in [-0.39, 0.29) is 18.0 Å². The largest absolute Gasteiger partial charge is 0.343 e. The van der Waals surface area contributed by atoms with Crippen LogP contribution in [0, 0.1) is 0 Å². The zero-order valence-corrected chi connectivity index (χ0v) is 13.6. The smallest absolute Gasteiger partial charge is 0.319 e. The average molecular weight is 333 g/mol. The van der Waals surface area contributed by atoms with Crippen LogP contribution < -0.4 is 27.7 Å². The average Bonchev–Trinajstić information content (AvgIpc) is 2.58. The molecule has 1 aliphatic rings. The Balaban J connectivity index is 1.83. The van der Waals surface area contributed by atoms with Crippen molar-refractivity contribution < 1.29 is 9.59 Å². The molecule has 1 aromatic carbocycles. The van der Waals surface area contributed by atoms with Crippen molar-refractivity contribution in [2.45, 2.75) is 25.8 Å². The maximum Gasteiger partial charge on any atom is 0.319 e. The van der Waals surface area contributed by atoms with Gasteiger partial charge in [-0.25, -0.2) is 10.6 Å². The number of hydrazine groups is 1. The maximum atomic E-state index is 12.0. The second-order valence-electron chi connectivity index (χ2n) is 5.58. The third kappa shape index (κ3) is 4.59. The Morgan fingerprint density at radius 1 is 1.21 bits per heavy atom.